The maximum absolute atomic E-state index is 13.4. The molecule has 0 bridgehead atoms. The Morgan fingerprint density at radius 2 is 1.94 bits per heavy atom. The molecular weight excluding hydrogens is 430 g/mol. The molecule has 1 fully saturated rings. The van der Waals surface area contributed by atoms with Crippen LogP contribution in [0.2, 0.25) is 0 Å². The van der Waals surface area contributed by atoms with Crippen LogP contribution in [-0.4, -0.2) is 40.7 Å². The van der Waals surface area contributed by atoms with Gasteiger partial charge >= 0.3 is 0 Å². The summed E-state index contributed by atoms with van der Waals surface area (Å²) in [5.74, 6) is -0.702. The van der Waals surface area contributed by atoms with Gasteiger partial charge in [-0.05, 0) is 42.5 Å². The Hall–Kier alpha value is -4.47. The molecule has 4 rings (SSSR count). The molecule has 2 aromatic carbocycles. The lowest BCUT2D eigenvalue weighted by atomic mass is 10.1. The molecule has 3 aromatic rings. The van der Waals surface area contributed by atoms with Crippen LogP contribution in [0.5, 0.6) is 5.75 Å². The number of nitrogens with zero attached hydrogens (tertiary/aromatic N) is 3. The van der Waals surface area contributed by atoms with Crippen LogP contribution < -0.4 is 9.64 Å². The second-order valence-corrected chi connectivity index (χ2v) is 7.31. The van der Waals surface area contributed by atoms with Gasteiger partial charge in [0.2, 0.25) is 5.91 Å². The Bertz CT molecular complexity index is 1210. The third-order valence-corrected chi connectivity index (χ3v) is 5.30. The second kappa shape index (κ2) is 8.95. The van der Waals surface area contributed by atoms with E-state index in [2.05, 4.69) is 0 Å². The Labute approximate surface area is 188 Å². The van der Waals surface area contributed by atoms with E-state index < -0.39 is 28.7 Å². The molecule has 0 spiro atoms. The molecule has 0 radical (unpaired) electrons. The van der Waals surface area contributed by atoms with Gasteiger partial charge in [-0.15, -0.1) is 0 Å². The van der Waals surface area contributed by atoms with Crippen molar-refractivity contribution in [1.82, 2.24) is 4.90 Å². The number of amides is 3. The minimum Gasteiger partial charge on any atom is -0.497 e. The molecule has 1 aromatic heterocycles. The zero-order valence-electron chi connectivity index (χ0n) is 17.5. The average molecular weight is 449 g/mol. The summed E-state index contributed by atoms with van der Waals surface area (Å²) in [5, 5.41) is 11.2. The highest BCUT2D eigenvalue weighted by atomic mass is 16.6. The highest BCUT2D eigenvalue weighted by Crippen LogP contribution is 2.29. The molecule has 0 N–H and O–H groups in total. The molecule has 168 valence electrons. The number of carbonyl (C=O) groups excluding carboxylic acids is 3. The monoisotopic (exact) mass is 449 g/mol. The number of hydrogen-bond donors (Lipinski definition) is 0. The first kappa shape index (κ1) is 21.8. The number of furan rings is 1. The first-order valence-electron chi connectivity index (χ1n) is 9.97. The summed E-state index contributed by atoms with van der Waals surface area (Å²) in [6, 6.07) is 13.8. The molecule has 3 amide bonds. The zero-order valence-corrected chi connectivity index (χ0v) is 17.5. The summed E-state index contributed by atoms with van der Waals surface area (Å²) < 4.78 is 10.5. The van der Waals surface area contributed by atoms with Gasteiger partial charge in [0.15, 0.2) is 0 Å². The van der Waals surface area contributed by atoms with E-state index in [1.54, 1.807) is 36.4 Å². The normalized spacial score (nSPS) is 15.5. The molecule has 2 heterocycles. The average Bonchev–Trinajstić information content (AvgIpc) is 3.44. The lowest BCUT2D eigenvalue weighted by Gasteiger charge is -2.27. The van der Waals surface area contributed by atoms with Crippen molar-refractivity contribution in [3.8, 4) is 5.75 Å². The van der Waals surface area contributed by atoms with Crippen molar-refractivity contribution >= 4 is 29.1 Å². The zero-order chi connectivity index (χ0) is 23.5. The lowest BCUT2D eigenvalue weighted by Crippen LogP contribution is -2.45. The molecule has 10 nitrogen and oxygen atoms in total. The summed E-state index contributed by atoms with van der Waals surface area (Å²) in [4.78, 5) is 52.2. The van der Waals surface area contributed by atoms with Gasteiger partial charge in [0.1, 0.15) is 17.6 Å². The standard InChI is InChI=1S/C23H19N3O7/c1-32-18-9-7-16(8-10-18)25-21(27)13-20(23(25)29)24(14-19-6-3-11-33-19)22(28)15-4-2-5-17(12-15)26(30)31/h2-12,20H,13-14H2,1H3. The SMILES string of the molecule is COc1ccc(N2C(=O)CC(N(Cc3ccco3)C(=O)c3cccc([N+](=O)[O-])c3)C2=O)cc1. The number of anilines is 1. The van der Waals surface area contributed by atoms with Gasteiger partial charge in [0, 0.05) is 17.7 Å². The third kappa shape index (κ3) is 4.31. The molecule has 10 heteroatoms. The van der Waals surface area contributed by atoms with Crippen LogP contribution >= 0.6 is 0 Å². The highest BCUT2D eigenvalue weighted by Gasteiger charge is 2.45. The highest BCUT2D eigenvalue weighted by molar-refractivity contribution is 6.23. The molecule has 1 saturated heterocycles. The molecular formula is C23H19N3O7. The van der Waals surface area contributed by atoms with Crippen molar-refractivity contribution in [2.75, 3.05) is 12.0 Å². The minimum atomic E-state index is -1.10. The van der Waals surface area contributed by atoms with Crippen molar-refractivity contribution in [1.29, 1.82) is 0 Å². The van der Waals surface area contributed by atoms with Crippen LogP contribution in [0.25, 0.3) is 0 Å². The Balaban J connectivity index is 1.67. The Morgan fingerprint density at radius 3 is 2.58 bits per heavy atom. The Morgan fingerprint density at radius 1 is 1.18 bits per heavy atom. The summed E-state index contributed by atoms with van der Waals surface area (Å²) in [6.07, 6.45) is 1.20. The van der Waals surface area contributed by atoms with Gasteiger partial charge in [0.05, 0.1) is 36.9 Å². The maximum Gasteiger partial charge on any atom is 0.270 e. The van der Waals surface area contributed by atoms with E-state index in [0.29, 0.717) is 17.2 Å². The summed E-state index contributed by atoms with van der Waals surface area (Å²) in [7, 11) is 1.50. The molecule has 1 aliphatic heterocycles. The number of nitro benzene ring substituents is 1. The number of non-ortho nitro benzene ring substituents is 1. The number of hydrogen-bond acceptors (Lipinski definition) is 7. The molecule has 0 aliphatic carbocycles. The Kier molecular flexibility index (Phi) is 5.90. The van der Waals surface area contributed by atoms with Gasteiger partial charge in [-0.3, -0.25) is 24.5 Å². The van der Waals surface area contributed by atoms with Gasteiger partial charge in [-0.2, -0.15) is 0 Å². The first-order valence-corrected chi connectivity index (χ1v) is 9.97. The lowest BCUT2D eigenvalue weighted by molar-refractivity contribution is -0.384. The van der Waals surface area contributed by atoms with Crippen molar-refractivity contribution in [2.24, 2.45) is 0 Å². The first-order chi connectivity index (χ1) is 15.9. The van der Waals surface area contributed by atoms with E-state index in [0.717, 1.165) is 11.0 Å². The van der Waals surface area contributed by atoms with E-state index in [-0.39, 0.29) is 24.2 Å². The molecule has 1 atom stereocenters. The molecule has 33 heavy (non-hydrogen) atoms. The molecule has 0 saturated carbocycles. The van der Waals surface area contributed by atoms with Crippen LogP contribution in [0, 0.1) is 10.1 Å². The van der Waals surface area contributed by atoms with E-state index in [1.807, 2.05) is 0 Å². The van der Waals surface area contributed by atoms with Crippen LogP contribution in [-0.2, 0) is 16.1 Å². The van der Waals surface area contributed by atoms with E-state index in [4.69, 9.17) is 9.15 Å². The predicted octanol–water partition coefficient (Wildman–Crippen LogP) is 3.17. The summed E-state index contributed by atoms with van der Waals surface area (Å²) in [5.41, 5.74) is 0.125. The number of carbonyl (C=O) groups is 3. The number of rotatable bonds is 7. The minimum absolute atomic E-state index is 0.0268. The topological polar surface area (TPSA) is 123 Å². The fourth-order valence-electron chi connectivity index (χ4n) is 3.67. The largest absolute Gasteiger partial charge is 0.497 e. The smallest absolute Gasteiger partial charge is 0.270 e. The molecule has 1 aliphatic rings. The van der Waals surface area contributed by atoms with E-state index in [9.17, 15) is 24.5 Å². The van der Waals surface area contributed by atoms with Crippen molar-refractivity contribution in [3.63, 3.8) is 0 Å². The van der Waals surface area contributed by atoms with Crippen LogP contribution in [0.3, 0.4) is 0 Å². The van der Waals surface area contributed by atoms with Crippen molar-refractivity contribution < 1.29 is 28.5 Å². The quantitative estimate of drug-likeness (QED) is 0.308. The summed E-state index contributed by atoms with van der Waals surface area (Å²) >= 11 is 0. The number of benzene rings is 2. The molecule has 1 unspecified atom stereocenters. The number of ether oxygens (including phenoxy) is 1. The van der Waals surface area contributed by atoms with Gasteiger partial charge in [-0.25, -0.2) is 4.90 Å². The maximum atomic E-state index is 13.4. The summed E-state index contributed by atoms with van der Waals surface area (Å²) in [6.45, 7) is -0.0886. The van der Waals surface area contributed by atoms with E-state index in [1.165, 1.54) is 36.5 Å². The predicted molar refractivity (Wildman–Crippen MR) is 116 cm³/mol. The van der Waals surface area contributed by atoms with Crippen LogP contribution in [0.15, 0.2) is 71.3 Å². The van der Waals surface area contributed by atoms with Gasteiger partial charge in [0.25, 0.3) is 17.5 Å². The van der Waals surface area contributed by atoms with Crippen molar-refractivity contribution in [2.45, 2.75) is 19.0 Å². The number of nitro groups is 1. The van der Waals surface area contributed by atoms with E-state index >= 15 is 0 Å². The van der Waals surface area contributed by atoms with Gasteiger partial charge in [-0.1, -0.05) is 6.07 Å². The fourth-order valence-corrected chi connectivity index (χ4v) is 3.67. The van der Waals surface area contributed by atoms with Crippen molar-refractivity contribution in [3.05, 3.63) is 88.4 Å². The second-order valence-electron chi connectivity index (χ2n) is 7.31. The van der Waals surface area contributed by atoms with Gasteiger partial charge < -0.3 is 14.1 Å². The fraction of sp³-hybridized carbons (Fsp3) is 0.174. The number of imide groups is 1. The third-order valence-electron chi connectivity index (χ3n) is 5.30. The van der Waals surface area contributed by atoms with Crippen LogP contribution in [0.1, 0.15) is 22.5 Å². The number of methoxy groups -OCH3 is 1. The van der Waals surface area contributed by atoms with Crippen LogP contribution in [0.4, 0.5) is 11.4 Å².